The highest BCUT2D eigenvalue weighted by molar-refractivity contribution is 6.42. The van der Waals surface area contributed by atoms with Gasteiger partial charge in [-0.15, -0.1) is 10.2 Å². The molecule has 0 radical (unpaired) electrons. The summed E-state index contributed by atoms with van der Waals surface area (Å²) >= 11 is 12.0. The number of nitrogens with two attached hydrogens (primary N) is 1. The highest BCUT2D eigenvalue weighted by Crippen LogP contribution is 2.34. The van der Waals surface area contributed by atoms with Crippen LogP contribution in [0.15, 0.2) is 18.5 Å². The maximum absolute atomic E-state index is 6.04. The van der Waals surface area contributed by atoms with Gasteiger partial charge in [0.25, 0.3) is 0 Å². The molecule has 0 bridgehead atoms. The summed E-state index contributed by atoms with van der Waals surface area (Å²) in [4.78, 5) is 2.13. The molecule has 0 spiro atoms. The third-order valence-electron chi connectivity index (χ3n) is 3.05. The van der Waals surface area contributed by atoms with Crippen molar-refractivity contribution in [1.82, 2.24) is 14.8 Å². The fourth-order valence-electron chi connectivity index (χ4n) is 2.10. The number of hydrogen-bond donors (Lipinski definition) is 1. The summed E-state index contributed by atoms with van der Waals surface area (Å²) < 4.78 is 2.03. The van der Waals surface area contributed by atoms with Crippen molar-refractivity contribution in [3.05, 3.63) is 34.3 Å². The van der Waals surface area contributed by atoms with Crippen LogP contribution in [0.3, 0.4) is 0 Å². The molecule has 1 aliphatic heterocycles. The molecule has 2 heterocycles. The van der Waals surface area contributed by atoms with Crippen molar-refractivity contribution in [2.75, 3.05) is 17.2 Å². The van der Waals surface area contributed by atoms with Crippen LogP contribution < -0.4 is 10.6 Å². The van der Waals surface area contributed by atoms with E-state index >= 15 is 0 Å². The molecule has 1 aromatic carbocycles. The van der Waals surface area contributed by atoms with Gasteiger partial charge in [-0.2, -0.15) is 0 Å². The minimum Gasteiger partial charge on any atom is -0.397 e. The summed E-state index contributed by atoms with van der Waals surface area (Å²) in [5, 5.41) is 8.95. The molecule has 0 atom stereocenters. The molecule has 1 aliphatic rings. The topological polar surface area (TPSA) is 60.0 Å². The zero-order valence-corrected chi connectivity index (χ0v) is 11.0. The van der Waals surface area contributed by atoms with Crippen molar-refractivity contribution in [1.29, 1.82) is 0 Å². The molecule has 0 amide bonds. The van der Waals surface area contributed by atoms with Crippen LogP contribution in [0.4, 0.5) is 11.4 Å². The third-order valence-corrected chi connectivity index (χ3v) is 3.77. The number of aromatic nitrogens is 3. The monoisotopic (exact) mass is 283 g/mol. The van der Waals surface area contributed by atoms with Crippen LogP contribution in [0.2, 0.25) is 10.0 Å². The Morgan fingerprint density at radius 2 is 1.94 bits per heavy atom. The van der Waals surface area contributed by atoms with E-state index in [1.807, 2.05) is 4.57 Å². The van der Waals surface area contributed by atoms with Gasteiger partial charge in [-0.25, -0.2) is 0 Å². The van der Waals surface area contributed by atoms with Crippen molar-refractivity contribution in [2.24, 2.45) is 0 Å². The number of fused-ring (bicyclic) bond motifs is 1. The Labute approximate surface area is 114 Å². The number of nitrogen functional groups attached to an aromatic ring is 1. The van der Waals surface area contributed by atoms with Gasteiger partial charge >= 0.3 is 0 Å². The van der Waals surface area contributed by atoms with Crippen LogP contribution >= 0.6 is 23.2 Å². The highest BCUT2D eigenvalue weighted by atomic mass is 35.5. The smallest absolute Gasteiger partial charge is 0.152 e. The molecule has 5 nitrogen and oxygen atoms in total. The minimum absolute atomic E-state index is 0.470. The van der Waals surface area contributed by atoms with E-state index in [4.69, 9.17) is 28.9 Å². The lowest BCUT2D eigenvalue weighted by atomic mass is 10.2. The van der Waals surface area contributed by atoms with Gasteiger partial charge in [0.1, 0.15) is 6.33 Å². The van der Waals surface area contributed by atoms with E-state index < -0.39 is 0 Å². The van der Waals surface area contributed by atoms with Crippen LogP contribution in [0, 0.1) is 0 Å². The Morgan fingerprint density at radius 1 is 1.17 bits per heavy atom. The van der Waals surface area contributed by atoms with Crippen molar-refractivity contribution >= 4 is 34.6 Å². The second-order valence-corrected chi connectivity index (χ2v) is 5.00. The number of nitrogens with zero attached hydrogens (tertiary/aromatic N) is 4. The number of rotatable bonds is 1. The average Bonchev–Trinajstić information content (AvgIpc) is 2.80. The van der Waals surface area contributed by atoms with Crippen molar-refractivity contribution in [2.45, 2.75) is 13.1 Å². The van der Waals surface area contributed by atoms with Crippen LogP contribution in [-0.2, 0) is 13.1 Å². The molecule has 2 N–H and O–H groups in total. The third kappa shape index (κ3) is 1.89. The minimum atomic E-state index is 0.470. The summed E-state index contributed by atoms with van der Waals surface area (Å²) in [6.45, 7) is 2.34. The van der Waals surface area contributed by atoms with Crippen LogP contribution in [0.1, 0.15) is 5.82 Å². The molecule has 0 aliphatic carbocycles. The SMILES string of the molecule is Nc1cc(Cl)c(Cl)cc1N1CCn2cnnc2C1. The Morgan fingerprint density at radius 3 is 2.78 bits per heavy atom. The Balaban J connectivity index is 1.95. The first-order valence-corrected chi connectivity index (χ1v) is 6.27. The Kier molecular flexibility index (Phi) is 2.80. The van der Waals surface area contributed by atoms with Crippen molar-refractivity contribution in [3.63, 3.8) is 0 Å². The first-order chi connectivity index (χ1) is 8.65. The largest absolute Gasteiger partial charge is 0.397 e. The molecule has 0 saturated heterocycles. The molecule has 2 aromatic rings. The molecule has 0 fully saturated rings. The zero-order chi connectivity index (χ0) is 12.7. The highest BCUT2D eigenvalue weighted by Gasteiger charge is 2.20. The lowest BCUT2D eigenvalue weighted by Gasteiger charge is -2.30. The van der Waals surface area contributed by atoms with E-state index in [1.165, 1.54) is 0 Å². The molecular formula is C11H11Cl2N5. The van der Waals surface area contributed by atoms with Gasteiger partial charge in [-0.1, -0.05) is 23.2 Å². The zero-order valence-electron chi connectivity index (χ0n) is 9.48. The summed E-state index contributed by atoms with van der Waals surface area (Å²) in [6.07, 6.45) is 1.74. The lowest BCUT2D eigenvalue weighted by molar-refractivity contribution is 0.560. The van der Waals surface area contributed by atoms with Gasteiger partial charge in [0.05, 0.1) is 28.0 Å². The number of halogens is 2. The molecular weight excluding hydrogens is 273 g/mol. The van der Waals surface area contributed by atoms with Gasteiger partial charge in [0.15, 0.2) is 5.82 Å². The summed E-state index contributed by atoms with van der Waals surface area (Å²) in [5.74, 6) is 0.923. The molecule has 3 rings (SSSR count). The van der Waals surface area contributed by atoms with E-state index in [0.29, 0.717) is 22.3 Å². The lowest BCUT2D eigenvalue weighted by Crippen LogP contribution is -2.34. The standard InChI is InChI=1S/C11H11Cl2N5/c12-7-3-9(14)10(4-8(7)13)17-1-2-18-6-15-16-11(18)5-17/h3-4,6H,1-2,5,14H2. The summed E-state index contributed by atoms with van der Waals surface area (Å²) in [5.41, 5.74) is 7.50. The van der Waals surface area contributed by atoms with Gasteiger partial charge in [0.2, 0.25) is 0 Å². The van der Waals surface area contributed by atoms with Crippen molar-refractivity contribution < 1.29 is 0 Å². The summed E-state index contributed by atoms with van der Waals surface area (Å²) in [7, 11) is 0. The summed E-state index contributed by atoms with van der Waals surface area (Å²) in [6, 6.07) is 3.48. The van der Waals surface area contributed by atoms with Crippen molar-refractivity contribution in [3.8, 4) is 0 Å². The molecule has 1 aromatic heterocycles. The number of benzene rings is 1. The Bertz CT molecular complexity index is 595. The van der Waals surface area contributed by atoms with Gasteiger partial charge < -0.3 is 15.2 Å². The molecule has 7 heteroatoms. The fourth-order valence-corrected chi connectivity index (χ4v) is 2.43. The van der Waals surface area contributed by atoms with E-state index in [1.54, 1.807) is 18.5 Å². The fraction of sp³-hybridized carbons (Fsp3) is 0.273. The van der Waals surface area contributed by atoms with Gasteiger partial charge in [-0.05, 0) is 12.1 Å². The predicted octanol–water partition coefficient (Wildman–Crippen LogP) is 2.19. The maximum atomic E-state index is 6.04. The molecule has 18 heavy (non-hydrogen) atoms. The van der Waals surface area contributed by atoms with E-state index in [0.717, 1.165) is 24.6 Å². The second-order valence-electron chi connectivity index (χ2n) is 4.19. The number of anilines is 2. The number of hydrogen-bond acceptors (Lipinski definition) is 4. The Hall–Kier alpha value is -1.46. The van der Waals surface area contributed by atoms with E-state index in [9.17, 15) is 0 Å². The molecule has 0 unspecified atom stereocenters. The van der Waals surface area contributed by atoms with Crippen LogP contribution in [0.25, 0.3) is 0 Å². The average molecular weight is 284 g/mol. The van der Waals surface area contributed by atoms with Gasteiger partial charge in [-0.3, -0.25) is 0 Å². The second kappa shape index (κ2) is 4.33. The molecule has 0 saturated carbocycles. The predicted molar refractivity (Wildman–Crippen MR) is 71.9 cm³/mol. The van der Waals surface area contributed by atoms with Gasteiger partial charge in [0, 0.05) is 13.1 Å². The van der Waals surface area contributed by atoms with Crippen LogP contribution in [-0.4, -0.2) is 21.3 Å². The van der Waals surface area contributed by atoms with E-state index in [2.05, 4.69) is 15.1 Å². The molecule has 94 valence electrons. The quantitative estimate of drug-likeness (QED) is 0.815. The maximum Gasteiger partial charge on any atom is 0.152 e. The van der Waals surface area contributed by atoms with Crippen LogP contribution in [0.5, 0.6) is 0 Å². The first kappa shape index (κ1) is 11.6. The normalized spacial score (nSPS) is 14.7. The van der Waals surface area contributed by atoms with E-state index in [-0.39, 0.29) is 0 Å². The first-order valence-electron chi connectivity index (χ1n) is 5.51.